The highest BCUT2D eigenvalue weighted by Crippen LogP contribution is 2.50. The van der Waals surface area contributed by atoms with Crippen LogP contribution in [-0.2, 0) is 5.41 Å². The predicted octanol–water partition coefficient (Wildman–Crippen LogP) is 13.2. The molecular weight excluding hydrogens is 715 g/mol. The van der Waals surface area contributed by atoms with Gasteiger partial charge < -0.3 is 0 Å². The second kappa shape index (κ2) is 12.0. The third-order valence-electron chi connectivity index (χ3n) is 11.9. The Morgan fingerprint density at radius 3 is 2.16 bits per heavy atom. The number of benzene rings is 8. The molecule has 0 bridgehead atoms. The fourth-order valence-corrected chi connectivity index (χ4v) is 10.2. The van der Waals surface area contributed by atoms with Crippen LogP contribution in [0, 0.1) is 0 Å². The first-order valence-electron chi connectivity index (χ1n) is 19.3. The Labute approximate surface area is 332 Å². The van der Waals surface area contributed by atoms with Crippen molar-refractivity contribution in [3.05, 3.63) is 175 Å². The molecule has 5 nitrogen and oxygen atoms in total. The number of hydrogen-bond donors (Lipinski definition) is 0. The van der Waals surface area contributed by atoms with Gasteiger partial charge in [-0.25, -0.2) is 9.97 Å². The number of para-hydroxylation sites is 1. The van der Waals surface area contributed by atoms with E-state index in [9.17, 15) is 0 Å². The van der Waals surface area contributed by atoms with Crippen LogP contribution in [0.3, 0.4) is 0 Å². The minimum absolute atomic E-state index is 0.129. The summed E-state index contributed by atoms with van der Waals surface area (Å²) in [6.45, 7) is 4.66. The zero-order chi connectivity index (χ0) is 37.8. The van der Waals surface area contributed by atoms with Gasteiger partial charge in [-0.15, -0.1) is 21.5 Å². The summed E-state index contributed by atoms with van der Waals surface area (Å²) in [6, 6.07) is 58.3. The van der Waals surface area contributed by atoms with Gasteiger partial charge in [0.25, 0.3) is 0 Å². The zero-order valence-electron chi connectivity index (χ0n) is 31.2. The highest BCUT2D eigenvalue weighted by atomic mass is 32.1. The van der Waals surface area contributed by atoms with Crippen molar-refractivity contribution in [2.75, 3.05) is 0 Å². The van der Waals surface area contributed by atoms with Gasteiger partial charge in [-0.05, 0) is 80.9 Å². The van der Waals surface area contributed by atoms with E-state index in [-0.39, 0.29) is 5.41 Å². The Bertz CT molecular complexity index is 3450. The summed E-state index contributed by atoms with van der Waals surface area (Å²) < 4.78 is 2.50. The van der Waals surface area contributed by atoms with Gasteiger partial charge in [-0.2, -0.15) is 4.80 Å². The minimum atomic E-state index is -0.129. The molecule has 8 aromatic carbocycles. The lowest BCUT2D eigenvalue weighted by Crippen LogP contribution is -2.14. The maximum Gasteiger partial charge on any atom is 0.160 e. The molecule has 3 aromatic heterocycles. The normalized spacial score (nSPS) is 13.2. The maximum absolute atomic E-state index is 5.41. The van der Waals surface area contributed by atoms with E-state index in [1.165, 1.54) is 42.4 Å². The van der Waals surface area contributed by atoms with E-state index in [4.69, 9.17) is 20.2 Å². The summed E-state index contributed by atoms with van der Waals surface area (Å²) in [5.41, 5.74) is 12.7. The van der Waals surface area contributed by atoms with Crippen molar-refractivity contribution in [3.63, 3.8) is 0 Å². The molecule has 57 heavy (non-hydrogen) atoms. The van der Waals surface area contributed by atoms with Crippen LogP contribution < -0.4 is 0 Å². The molecule has 268 valence electrons. The van der Waals surface area contributed by atoms with Crippen LogP contribution in [0.2, 0.25) is 0 Å². The molecule has 3 heterocycles. The van der Waals surface area contributed by atoms with E-state index in [0.717, 1.165) is 66.3 Å². The molecule has 0 saturated carbocycles. The Morgan fingerprint density at radius 1 is 0.509 bits per heavy atom. The third-order valence-corrected chi connectivity index (χ3v) is 13.1. The van der Waals surface area contributed by atoms with Crippen LogP contribution >= 0.6 is 11.3 Å². The Kier molecular flexibility index (Phi) is 6.78. The number of hydrogen-bond acceptors (Lipinski definition) is 5. The minimum Gasteiger partial charge on any atom is -0.228 e. The van der Waals surface area contributed by atoms with Crippen LogP contribution in [-0.4, -0.2) is 25.0 Å². The Hall–Kier alpha value is -7.02. The summed E-state index contributed by atoms with van der Waals surface area (Å²) in [5, 5.41) is 16.8. The van der Waals surface area contributed by atoms with E-state index in [2.05, 4.69) is 147 Å². The number of fused-ring (bicyclic) bond motifs is 11. The predicted molar refractivity (Wildman–Crippen MR) is 236 cm³/mol. The molecule has 11 aromatic rings. The van der Waals surface area contributed by atoms with Gasteiger partial charge in [0, 0.05) is 47.7 Å². The van der Waals surface area contributed by atoms with Gasteiger partial charge in [-0.1, -0.05) is 135 Å². The standard InChI is InChI=1S/C51H33N5S/c1-51(2)41-17-8-6-13-35(41)36-25-23-32(28-42(36)51)44-29-45(39-16-10-15-38-37-14-7-9-18-46(37)57-49(38)39)53-50(52-44)33-22-20-30-19-21-31-24-26-43-48(47(31)40(30)27-33)55-56(54-43)34-11-4-3-5-12-34/h3-29H,1-2H3. The van der Waals surface area contributed by atoms with E-state index in [0.29, 0.717) is 5.82 Å². The van der Waals surface area contributed by atoms with Gasteiger partial charge in [0.15, 0.2) is 5.82 Å². The largest absolute Gasteiger partial charge is 0.228 e. The first kappa shape index (κ1) is 32.2. The van der Waals surface area contributed by atoms with Crippen LogP contribution in [0.4, 0.5) is 0 Å². The number of thiophene rings is 1. The Balaban J connectivity index is 1.09. The SMILES string of the molecule is CC1(C)c2ccccc2-c2ccc(-c3cc(-c4cccc5c4sc4ccccc45)nc(-c4ccc5ccc6ccc7nn(-c8ccccc8)nc7c6c5c4)n3)cc21. The van der Waals surface area contributed by atoms with E-state index in [1.54, 1.807) is 4.80 Å². The van der Waals surface area contributed by atoms with E-state index >= 15 is 0 Å². The van der Waals surface area contributed by atoms with Crippen molar-refractivity contribution >= 4 is 64.1 Å². The molecule has 0 radical (unpaired) electrons. The van der Waals surface area contributed by atoms with Crippen molar-refractivity contribution in [2.45, 2.75) is 19.3 Å². The molecule has 0 spiro atoms. The first-order chi connectivity index (χ1) is 28.0. The van der Waals surface area contributed by atoms with Crippen molar-refractivity contribution in [1.82, 2.24) is 25.0 Å². The zero-order valence-corrected chi connectivity index (χ0v) is 32.0. The van der Waals surface area contributed by atoms with E-state index < -0.39 is 0 Å². The second-order valence-electron chi connectivity index (χ2n) is 15.5. The highest BCUT2D eigenvalue weighted by molar-refractivity contribution is 7.26. The van der Waals surface area contributed by atoms with Gasteiger partial charge in [-0.3, -0.25) is 0 Å². The topological polar surface area (TPSA) is 56.5 Å². The summed E-state index contributed by atoms with van der Waals surface area (Å²) in [7, 11) is 0. The smallest absolute Gasteiger partial charge is 0.160 e. The summed E-state index contributed by atoms with van der Waals surface area (Å²) in [5.74, 6) is 0.683. The molecule has 0 N–H and O–H groups in total. The third kappa shape index (κ3) is 4.87. The van der Waals surface area contributed by atoms with Crippen molar-refractivity contribution in [2.24, 2.45) is 0 Å². The monoisotopic (exact) mass is 747 g/mol. The molecule has 12 rings (SSSR count). The highest BCUT2D eigenvalue weighted by Gasteiger charge is 2.35. The summed E-state index contributed by atoms with van der Waals surface area (Å²) in [6.07, 6.45) is 0. The van der Waals surface area contributed by atoms with Crippen LogP contribution in [0.1, 0.15) is 25.0 Å². The quantitative estimate of drug-likeness (QED) is 0.168. The molecule has 0 unspecified atom stereocenters. The van der Waals surface area contributed by atoms with Gasteiger partial charge in [0.05, 0.1) is 17.1 Å². The molecule has 0 amide bonds. The average molecular weight is 748 g/mol. The number of aromatic nitrogens is 5. The van der Waals surface area contributed by atoms with E-state index in [1.807, 2.05) is 41.7 Å². The fourth-order valence-electron chi connectivity index (χ4n) is 9.01. The first-order valence-corrected chi connectivity index (χ1v) is 20.1. The molecular formula is C51H33N5S. The molecule has 0 saturated heterocycles. The lowest BCUT2D eigenvalue weighted by atomic mass is 9.82. The molecule has 0 fully saturated rings. The molecule has 1 aliphatic carbocycles. The Morgan fingerprint density at radius 2 is 1.23 bits per heavy atom. The van der Waals surface area contributed by atoms with Crippen LogP contribution in [0.25, 0.3) is 103 Å². The number of nitrogens with zero attached hydrogens (tertiary/aromatic N) is 5. The molecule has 0 aliphatic heterocycles. The van der Waals surface area contributed by atoms with Crippen molar-refractivity contribution in [1.29, 1.82) is 0 Å². The average Bonchev–Trinajstić information content (AvgIpc) is 3.94. The summed E-state index contributed by atoms with van der Waals surface area (Å²) >= 11 is 1.82. The maximum atomic E-state index is 5.41. The van der Waals surface area contributed by atoms with Gasteiger partial charge in [0.1, 0.15) is 11.0 Å². The number of rotatable bonds is 4. The second-order valence-corrected chi connectivity index (χ2v) is 16.6. The van der Waals surface area contributed by atoms with Crippen LogP contribution in [0.15, 0.2) is 164 Å². The summed E-state index contributed by atoms with van der Waals surface area (Å²) in [4.78, 5) is 12.5. The lowest BCUT2D eigenvalue weighted by molar-refractivity contribution is 0.660. The van der Waals surface area contributed by atoms with Crippen molar-refractivity contribution in [3.8, 4) is 50.7 Å². The molecule has 0 atom stereocenters. The molecule has 1 aliphatic rings. The molecule has 6 heteroatoms. The van der Waals surface area contributed by atoms with Gasteiger partial charge >= 0.3 is 0 Å². The van der Waals surface area contributed by atoms with Gasteiger partial charge in [0.2, 0.25) is 0 Å². The van der Waals surface area contributed by atoms with Crippen molar-refractivity contribution < 1.29 is 0 Å². The fraction of sp³-hybridized carbons (Fsp3) is 0.0588. The van der Waals surface area contributed by atoms with Crippen LogP contribution in [0.5, 0.6) is 0 Å². The lowest BCUT2D eigenvalue weighted by Gasteiger charge is -2.22.